The van der Waals surface area contributed by atoms with Gasteiger partial charge in [-0.15, -0.1) is 0 Å². The first-order valence-corrected chi connectivity index (χ1v) is 6.08. The topological polar surface area (TPSA) is 9.23 Å². The Kier molecular flexibility index (Phi) is 6.17. The Morgan fingerprint density at radius 2 is 2.00 bits per heavy atom. The van der Waals surface area contributed by atoms with Crippen LogP contribution in [-0.4, -0.2) is 18.9 Å². The van der Waals surface area contributed by atoms with Gasteiger partial charge in [0.25, 0.3) is 0 Å². The Morgan fingerprint density at radius 3 is 2.71 bits per heavy atom. The second kappa shape index (κ2) is 7.22. The van der Waals surface area contributed by atoms with Gasteiger partial charge in [-0.25, -0.2) is 4.39 Å². The van der Waals surface area contributed by atoms with Crippen molar-refractivity contribution in [3.05, 3.63) is 0 Å². The van der Waals surface area contributed by atoms with E-state index in [9.17, 15) is 4.39 Å². The highest BCUT2D eigenvalue weighted by atomic mass is 19.1. The van der Waals surface area contributed by atoms with E-state index in [2.05, 4.69) is 6.92 Å². The largest absolute Gasteiger partial charge is 0.378 e. The Morgan fingerprint density at radius 1 is 1.21 bits per heavy atom. The molecule has 1 fully saturated rings. The highest BCUT2D eigenvalue weighted by molar-refractivity contribution is 4.70. The molecule has 1 rings (SSSR count). The average Bonchev–Trinajstić information content (AvgIpc) is 2.18. The predicted molar refractivity (Wildman–Crippen MR) is 57.2 cm³/mol. The number of unbranched alkanes of at least 4 members (excludes halogenated alkanes) is 4. The number of rotatable bonds is 6. The summed E-state index contributed by atoms with van der Waals surface area (Å²) < 4.78 is 18.5. The molecule has 0 amide bonds. The van der Waals surface area contributed by atoms with Crippen LogP contribution in [0.3, 0.4) is 0 Å². The maximum atomic E-state index is 13.0. The van der Waals surface area contributed by atoms with Gasteiger partial charge in [0.05, 0.1) is 6.10 Å². The minimum atomic E-state index is -0.607. The standard InChI is InChI=1S/C12H23FO/c1-2-3-4-5-6-7-12-10-11(13)8-9-14-12/h11-12H,2-10H2,1H3/t11-,12-/m0/s1. The quantitative estimate of drug-likeness (QED) is 0.594. The van der Waals surface area contributed by atoms with Crippen molar-refractivity contribution in [1.82, 2.24) is 0 Å². The van der Waals surface area contributed by atoms with Crippen LogP contribution < -0.4 is 0 Å². The van der Waals surface area contributed by atoms with Gasteiger partial charge in [-0.3, -0.25) is 0 Å². The summed E-state index contributed by atoms with van der Waals surface area (Å²) in [6.07, 6.45) is 8.32. The second-order valence-electron chi connectivity index (χ2n) is 4.32. The van der Waals surface area contributed by atoms with Crippen molar-refractivity contribution in [2.75, 3.05) is 6.61 Å². The van der Waals surface area contributed by atoms with Crippen molar-refractivity contribution in [3.8, 4) is 0 Å². The minimum Gasteiger partial charge on any atom is -0.378 e. The van der Waals surface area contributed by atoms with Crippen LogP contribution in [0.25, 0.3) is 0 Å². The van der Waals surface area contributed by atoms with Gasteiger partial charge < -0.3 is 4.74 Å². The van der Waals surface area contributed by atoms with E-state index in [4.69, 9.17) is 4.74 Å². The van der Waals surface area contributed by atoms with Gasteiger partial charge in [0.2, 0.25) is 0 Å². The third-order valence-corrected chi connectivity index (χ3v) is 2.93. The number of ether oxygens (including phenoxy) is 1. The van der Waals surface area contributed by atoms with Crippen LogP contribution in [0.5, 0.6) is 0 Å². The Hall–Kier alpha value is -0.110. The summed E-state index contributed by atoms with van der Waals surface area (Å²) in [5.41, 5.74) is 0. The molecular formula is C12H23FO. The summed E-state index contributed by atoms with van der Waals surface area (Å²) in [6, 6.07) is 0. The van der Waals surface area contributed by atoms with Crippen LogP contribution >= 0.6 is 0 Å². The highest BCUT2D eigenvalue weighted by Crippen LogP contribution is 2.21. The molecule has 0 spiro atoms. The van der Waals surface area contributed by atoms with Gasteiger partial charge >= 0.3 is 0 Å². The summed E-state index contributed by atoms with van der Waals surface area (Å²) in [5, 5.41) is 0. The van der Waals surface area contributed by atoms with E-state index < -0.39 is 6.17 Å². The molecule has 84 valence electrons. The first-order valence-electron chi connectivity index (χ1n) is 6.08. The Bertz CT molecular complexity index is 138. The number of alkyl halides is 1. The molecule has 0 aliphatic carbocycles. The van der Waals surface area contributed by atoms with Gasteiger partial charge in [-0.1, -0.05) is 39.0 Å². The summed E-state index contributed by atoms with van der Waals surface area (Å²) in [6.45, 7) is 2.85. The molecule has 1 aliphatic rings. The van der Waals surface area contributed by atoms with E-state index in [0.29, 0.717) is 19.4 Å². The molecule has 0 N–H and O–H groups in total. The van der Waals surface area contributed by atoms with Crippen molar-refractivity contribution in [1.29, 1.82) is 0 Å². The summed E-state index contributed by atoms with van der Waals surface area (Å²) >= 11 is 0. The van der Waals surface area contributed by atoms with Crippen LogP contribution in [0.1, 0.15) is 58.3 Å². The number of halogens is 1. The van der Waals surface area contributed by atoms with Crippen LogP contribution in [0, 0.1) is 0 Å². The van der Waals surface area contributed by atoms with E-state index in [1.54, 1.807) is 0 Å². The van der Waals surface area contributed by atoms with Crippen LogP contribution in [0.2, 0.25) is 0 Å². The van der Waals surface area contributed by atoms with Crippen molar-refractivity contribution in [2.45, 2.75) is 70.6 Å². The molecule has 0 aromatic carbocycles. The Labute approximate surface area is 87.0 Å². The van der Waals surface area contributed by atoms with Crippen LogP contribution in [0.15, 0.2) is 0 Å². The van der Waals surface area contributed by atoms with Gasteiger partial charge in [-0.05, 0) is 6.42 Å². The lowest BCUT2D eigenvalue weighted by Gasteiger charge is -2.25. The van der Waals surface area contributed by atoms with Gasteiger partial charge in [0.1, 0.15) is 6.17 Å². The van der Waals surface area contributed by atoms with Crippen molar-refractivity contribution in [2.24, 2.45) is 0 Å². The molecule has 0 aromatic heterocycles. The van der Waals surface area contributed by atoms with E-state index in [1.165, 1.54) is 32.1 Å². The summed E-state index contributed by atoms with van der Waals surface area (Å²) in [5.74, 6) is 0. The third kappa shape index (κ3) is 4.94. The molecule has 0 saturated carbocycles. The molecular weight excluding hydrogens is 179 g/mol. The highest BCUT2D eigenvalue weighted by Gasteiger charge is 2.21. The molecule has 0 aromatic rings. The first kappa shape index (κ1) is 12.0. The second-order valence-corrected chi connectivity index (χ2v) is 4.32. The fourth-order valence-electron chi connectivity index (χ4n) is 2.01. The van der Waals surface area contributed by atoms with E-state index >= 15 is 0 Å². The lowest BCUT2D eigenvalue weighted by molar-refractivity contribution is -0.0227. The molecule has 1 heterocycles. The average molecular weight is 202 g/mol. The molecule has 0 radical (unpaired) electrons. The first-order chi connectivity index (χ1) is 6.83. The van der Waals surface area contributed by atoms with Crippen LogP contribution in [0.4, 0.5) is 4.39 Å². The molecule has 2 atom stereocenters. The number of hydrogen-bond donors (Lipinski definition) is 0. The fraction of sp³-hybridized carbons (Fsp3) is 1.00. The minimum absolute atomic E-state index is 0.209. The molecule has 14 heavy (non-hydrogen) atoms. The SMILES string of the molecule is CCCCCCC[C@H]1C[C@@H](F)CCO1. The summed E-state index contributed by atoms with van der Waals surface area (Å²) in [4.78, 5) is 0. The third-order valence-electron chi connectivity index (χ3n) is 2.93. The number of hydrogen-bond acceptors (Lipinski definition) is 1. The molecule has 1 nitrogen and oxygen atoms in total. The molecule has 2 heteroatoms. The summed E-state index contributed by atoms with van der Waals surface area (Å²) in [7, 11) is 0. The monoisotopic (exact) mass is 202 g/mol. The van der Waals surface area contributed by atoms with Crippen molar-refractivity contribution in [3.63, 3.8) is 0 Å². The van der Waals surface area contributed by atoms with Gasteiger partial charge in [0, 0.05) is 19.4 Å². The normalized spacial score (nSPS) is 27.9. The van der Waals surface area contributed by atoms with Crippen LogP contribution in [-0.2, 0) is 4.74 Å². The van der Waals surface area contributed by atoms with E-state index in [1.807, 2.05) is 0 Å². The molecule has 1 saturated heterocycles. The smallest absolute Gasteiger partial charge is 0.105 e. The van der Waals surface area contributed by atoms with Gasteiger partial charge in [0.15, 0.2) is 0 Å². The molecule has 0 bridgehead atoms. The van der Waals surface area contributed by atoms with Crippen molar-refractivity contribution >= 4 is 0 Å². The lowest BCUT2D eigenvalue weighted by Crippen LogP contribution is -2.26. The zero-order valence-corrected chi connectivity index (χ0v) is 9.30. The molecule has 0 unspecified atom stereocenters. The predicted octanol–water partition coefficient (Wildman–Crippen LogP) is 3.86. The maximum Gasteiger partial charge on any atom is 0.105 e. The zero-order valence-electron chi connectivity index (χ0n) is 9.30. The molecule has 1 aliphatic heterocycles. The zero-order chi connectivity index (χ0) is 10.2. The van der Waals surface area contributed by atoms with E-state index in [0.717, 1.165) is 6.42 Å². The Balaban J connectivity index is 1.95. The fourth-order valence-corrected chi connectivity index (χ4v) is 2.01. The van der Waals surface area contributed by atoms with E-state index in [-0.39, 0.29) is 6.10 Å². The van der Waals surface area contributed by atoms with Gasteiger partial charge in [-0.2, -0.15) is 0 Å². The lowest BCUT2D eigenvalue weighted by atomic mass is 10.0. The van der Waals surface area contributed by atoms with Crippen molar-refractivity contribution < 1.29 is 9.13 Å². The maximum absolute atomic E-state index is 13.0.